The van der Waals surface area contributed by atoms with Crippen molar-refractivity contribution in [2.45, 2.75) is 39.3 Å². The molecule has 1 amide bonds. The van der Waals surface area contributed by atoms with Crippen LogP contribution in [-0.4, -0.2) is 43.7 Å². The highest BCUT2D eigenvalue weighted by atomic mass is 16.5. The first kappa shape index (κ1) is 17.7. The van der Waals surface area contributed by atoms with E-state index in [0.29, 0.717) is 32.2 Å². The van der Waals surface area contributed by atoms with Crippen molar-refractivity contribution in [1.29, 1.82) is 0 Å². The highest BCUT2D eigenvalue weighted by Gasteiger charge is 2.13. The van der Waals surface area contributed by atoms with Gasteiger partial charge in [-0.25, -0.2) is 0 Å². The maximum absolute atomic E-state index is 12.3. The summed E-state index contributed by atoms with van der Waals surface area (Å²) in [5, 5.41) is 3.34. The number of rotatable bonds is 10. The number of ether oxygens (including phenoxy) is 1. The van der Waals surface area contributed by atoms with Gasteiger partial charge in [0.2, 0.25) is 5.91 Å². The zero-order chi connectivity index (χ0) is 15.5. The number of methoxy groups -OCH3 is 1. The minimum atomic E-state index is 0.196. The second-order valence-corrected chi connectivity index (χ2v) is 5.51. The van der Waals surface area contributed by atoms with Crippen molar-refractivity contribution < 1.29 is 9.53 Å². The molecule has 4 heteroatoms. The smallest absolute Gasteiger partial charge is 0.222 e. The first-order valence-corrected chi connectivity index (χ1v) is 7.67. The van der Waals surface area contributed by atoms with Gasteiger partial charge in [-0.2, -0.15) is 0 Å². The Bertz CT molecular complexity index is 393. The van der Waals surface area contributed by atoms with Crippen LogP contribution in [-0.2, 0) is 16.1 Å². The molecule has 1 aromatic rings. The van der Waals surface area contributed by atoms with Crippen molar-refractivity contribution in [3.05, 3.63) is 35.9 Å². The van der Waals surface area contributed by atoms with Gasteiger partial charge in [0.15, 0.2) is 0 Å². The number of hydrogen-bond donors (Lipinski definition) is 1. The molecule has 1 N–H and O–H groups in total. The molecule has 0 unspecified atom stereocenters. The number of hydrogen-bond acceptors (Lipinski definition) is 3. The van der Waals surface area contributed by atoms with Gasteiger partial charge in [0.05, 0.1) is 6.61 Å². The Morgan fingerprint density at radius 1 is 1.29 bits per heavy atom. The minimum Gasteiger partial charge on any atom is -0.383 e. The summed E-state index contributed by atoms with van der Waals surface area (Å²) in [6.07, 6.45) is 1.45. The van der Waals surface area contributed by atoms with E-state index in [1.807, 2.05) is 35.2 Å². The largest absolute Gasteiger partial charge is 0.383 e. The summed E-state index contributed by atoms with van der Waals surface area (Å²) in [5.74, 6) is 0.196. The molecule has 0 saturated heterocycles. The van der Waals surface area contributed by atoms with E-state index < -0.39 is 0 Å². The highest BCUT2D eigenvalue weighted by molar-refractivity contribution is 5.76. The van der Waals surface area contributed by atoms with Gasteiger partial charge in [-0.15, -0.1) is 0 Å². The summed E-state index contributed by atoms with van der Waals surface area (Å²) in [6, 6.07) is 10.6. The molecule has 0 spiro atoms. The summed E-state index contributed by atoms with van der Waals surface area (Å²) in [5.41, 5.74) is 1.15. The van der Waals surface area contributed by atoms with E-state index in [0.717, 1.165) is 18.5 Å². The van der Waals surface area contributed by atoms with E-state index in [4.69, 9.17) is 4.74 Å². The number of carbonyl (C=O) groups is 1. The van der Waals surface area contributed by atoms with Crippen molar-refractivity contribution >= 4 is 5.91 Å². The van der Waals surface area contributed by atoms with Crippen LogP contribution in [0.15, 0.2) is 30.3 Å². The van der Waals surface area contributed by atoms with Crippen LogP contribution < -0.4 is 5.32 Å². The number of benzene rings is 1. The Morgan fingerprint density at radius 2 is 2.00 bits per heavy atom. The average molecular weight is 292 g/mol. The molecular weight excluding hydrogens is 264 g/mol. The van der Waals surface area contributed by atoms with E-state index in [1.54, 1.807) is 7.11 Å². The van der Waals surface area contributed by atoms with Crippen LogP contribution in [0.5, 0.6) is 0 Å². The van der Waals surface area contributed by atoms with Crippen LogP contribution in [0.25, 0.3) is 0 Å². The summed E-state index contributed by atoms with van der Waals surface area (Å²) in [7, 11) is 1.66. The van der Waals surface area contributed by atoms with Gasteiger partial charge in [0.1, 0.15) is 0 Å². The van der Waals surface area contributed by atoms with Gasteiger partial charge in [-0.3, -0.25) is 4.79 Å². The Labute approximate surface area is 128 Å². The molecule has 0 aliphatic carbocycles. The second-order valence-electron chi connectivity index (χ2n) is 5.51. The van der Waals surface area contributed by atoms with E-state index in [2.05, 4.69) is 19.2 Å². The third-order valence-electron chi connectivity index (χ3n) is 3.25. The molecule has 21 heavy (non-hydrogen) atoms. The van der Waals surface area contributed by atoms with Crippen LogP contribution in [0.3, 0.4) is 0 Å². The molecule has 0 aliphatic heterocycles. The number of nitrogens with zero attached hydrogens (tertiary/aromatic N) is 1. The van der Waals surface area contributed by atoms with Gasteiger partial charge in [-0.1, -0.05) is 44.2 Å². The molecule has 0 heterocycles. The van der Waals surface area contributed by atoms with Gasteiger partial charge in [-0.05, 0) is 18.5 Å². The Hall–Kier alpha value is -1.39. The molecule has 0 aliphatic rings. The molecule has 1 aromatic carbocycles. The third kappa shape index (κ3) is 7.83. The van der Waals surface area contributed by atoms with E-state index >= 15 is 0 Å². The van der Waals surface area contributed by atoms with Crippen LogP contribution in [0.2, 0.25) is 0 Å². The second kappa shape index (κ2) is 10.4. The van der Waals surface area contributed by atoms with Gasteiger partial charge < -0.3 is 15.0 Å². The maximum atomic E-state index is 12.3. The zero-order valence-electron chi connectivity index (χ0n) is 13.5. The predicted octanol–water partition coefficient (Wildman–Crippen LogP) is 2.44. The van der Waals surface area contributed by atoms with Gasteiger partial charge >= 0.3 is 0 Å². The van der Waals surface area contributed by atoms with Crippen molar-refractivity contribution in [2.24, 2.45) is 0 Å². The fourth-order valence-electron chi connectivity index (χ4n) is 2.09. The zero-order valence-corrected chi connectivity index (χ0v) is 13.5. The molecule has 0 radical (unpaired) electrons. The van der Waals surface area contributed by atoms with E-state index in [9.17, 15) is 4.79 Å². The average Bonchev–Trinajstić information content (AvgIpc) is 2.48. The lowest BCUT2D eigenvalue weighted by molar-refractivity contribution is -0.132. The van der Waals surface area contributed by atoms with E-state index in [-0.39, 0.29) is 5.91 Å². The number of carbonyl (C=O) groups excluding carboxylic acids is 1. The maximum Gasteiger partial charge on any atom is 0.222 e. The van der Waals surface area contributed by atoms with Crippen molar-refractivity contribution in [3.63, 3.8) is 0 Å². The molecule has 0 atom stereocenters. The van der Waals surface area contributed by atoms with Crippen molar-refractivity contribution in [2.75, 3.05) is 26.8 Å². The molecule has 0 saturated carbocycles. The lowest BCUT2D eigenvalue weighted by Gasteiger charge is -2.23. The topological polar surface area (TPSA) is 41.6 Å². The third-order valence-corrected chi connectivity index (χ3v) is 3.25. The standard InChI is InChI=1S/C17H28N2O2/c1-15(2)18-11-7-10-17(20)19(12-13-21-3)14-16-8-5-4-6-9-16/h4-6,8-9,15,18H,7,10-14H2,1-3H3. The lowest BCUT2D eigenvalue weighted by Crippen LogP contribution is -2.34. The van der Waals surface area contributed by atoms with Crippen molar-refractivity contribution in [3.8, 4) is 0 Å². The molecule has 1 rings (SSSR count). The van der Waals surface area contributed by atoms with Gasteiger partial charge in [0.25, 0.3) is 0 Å². The predicted molar refractivity (Wildman–Crippen MR) is 86.1 cm³/mol. The first-order chi connectivity index (χ1) is 10.1. The fraction of sp³-hybridized carbons (Fsp3) is 0.588. The monoisotopic (exact) mass is 292 g/mol. The number of amides is 1. The van der Waals surface area contributed by atoms with E-state index in [1.165, 1.54) is 0 Å². The molecule has 0 aromatic heterocycles. The summed E-state index contributed by atoms with van der Waals surface area (Å²) >= 11 is 0. The van der Waals surface area contributed by atoms with Crippen LogP contribution in [0.1, 0.15) is 32.3 Å². The quantitative estimate of drug-likeness (QED) is 0.674. The Balaban J connectivity index is 2.45. The highest BCUT2D eigenvalue weighted by Crippen LogP contribution is 2.07. The van der Waals surface area contributed by atoms with Crippen LogP contribution >= 0.6 is 0 Å². The Kier molecular flexibility index (Phi) is 8.71. The molecule has 0 fully saturated rings. The SMILES string of the molecule is COCCN(Cc1ccccc1)C(=O)CCCNC(C)C. The Morgan fingerprint density at radius 3 is 2.62 bits per heavy atom. The lowest BCUT2D eigenvalue weighted by atomic mass is 10.2. The van der Waals surface area contributed by atoms with Crippen LogP contribution in [0.4, 0.5) is 0 Å². The minimum absolute atomic E-state index is 0.196. The molecular formula is C17H28N2O2. The fourth-order valence-corrected chi connectivity index (χ4v) is 2.09. The molecule has 118 valence electrons. The number of nitrogens with one attached hydrogen (secondary N) is 1. The molecule has 4 nitrogen and oxygen atoms in total. The first-order valence-electron chi connectivity index (χ1n) is 7.67. The van der Waals surface area contributed by atoms with Gasteiger partial charge in [0, 0.05) is 32.7 Å². The normalized spacial score (nSPS) is 10.9. The van der Waals surface area contributed by atoms with Crippen LogP contribution in [0, 0.1) is 0 Å². The summed E-state index contributed by atoms with van der Waals surface area (Å²) in [4.78, 5) is 14.2. The molecule has 0 bridgehead atoms. The van der Waals surface area contributed by atoms with Crippen molar-refractivity contribution in [1.82, 2.24) is 10.2 Å². The summed E-state index contributed by atoms with van der Waals surface area (Å²) < 4.78 is 5.11. The summed E-state index contributed by atoms with van der Waals surface area (Å²) in [6.45, 7) is 6.97.